The van der Waals surface area contributed by atoms with Crippen molar-refractivity contribution in [3.8, 4) is 11.5 Å². The molecule has 0 N–H and O–H groups in total. The molecule has 1 aliphatic heterocycles. The van der Waals surface area contributed by atoms with Crippen molar-refractivity contribution < 1.29 is 22.7 Å². The van der Waals surface area contributed by atoms with Crippen molar-refractivity contribution in [3.63, 3.8) is 0 Å². The van der Waals surface area contributed by atoms with Gasteiger partial charge in [0.1, 0.15) is 5.75 Å². The summed E-state index contributed by atoms with van der Waals surface area (Å²) in [6.45, 7) is 1.83. The topological polar surface area (TPSA) is 32.8 Å². The Morgan fingerprint density at radius 2 is 1.57 bits per heavy atom. The van der Waals surface area contributed by atoms with Gasteiger partial charge >= 0.3 is 12.1 Å². The number of benzene rings is 3. The van der Waals surface area contributed by atoms with Crippen LogP contribution >= 0.6 is 0 Å². The highest BCUT2D eigenvalue weighted by Gasteiger charge is 2.44. The van der Waals surface area contributed by atoms with Gasteiger partial charge in [-0.1, -0.05) is 42.8 Å². The molecule has 0 radical (unpaired) electrons. The number of hydrogen-bond acceptors (Lipinski definition) is 3. The summed E-state index contributed by atoms with van der Waals surface area (Å²) in [4.78, 5) is 16.0. The second-order valence-corrected chi connectivity index (χ2v) is 9.09. The van der Waals surface area contributed by atoms with Crippen LogP contribution in [-0.4, -0.2) is 36.1 Å². The summed E-state index contributed by atoms with van der Waals surface area (Å²) in [5.41, 5.74) is 2.35. The summed E-state index contributed by atoms with van der Waals surface area (Å²) in [6, 6.07) is 20.9. The van der Waals surface area contributed by atoms with Gasteiger partial charge < -0.3 is 4.74 Å². The molecular formula is C28H27F3N2O2. The number of anilines is 2. The number of hydrogen-bond donors (Lipinski definition) is 0. The van der Waals surface area contributed by atoms with E-state index in [4.69, 9.17) is 4.74 Å². The molecule has 3 aromatic carbocycles. The number of halogens is 3. The van der Waals surface area contributed by atoms with Gasteiger partial charge in [0.2, 0.25) is 0 Å². The van der Waals surface area contributed by atoms with E-state index in [0.717, 1.165) is 42.0 Å². The van der Waals surface area contributed by atoms with E-state index >= 15 is 0 Å². The minimum Gasteiger partial charge on any atom is -0.455 e. The number of carbonyl (C=O) groups is 1. The number of rotatable bonds is 5. The molecular weight excluding hydrogens is 453 g/mol. The summed E-state index contributed by atoms with van der Waals surface area (Å²) in [6.07, 6.45) is 0.245. The second kappa shape index (κ2) is 9.74. The van der Waals surface area contributed by atoms with Crippen LogP contribution in [0.2, 0.25) is 0 Å². The van der Waals surface area contributed by atoms with Crippen molar-refractivity contribution in [3.05, 3.63) is 83.9 Å². The van der Waals surface area contributed by atoms with Crippen molar-refractivity contribution in [2.75, 3.05) is 18.0 Å². The minimum absolute atomic E-state index is 0.0448. The zero-order valence-electron chi connectivity index (χ0n) is 19.3. The van der Waals surface area contributed by atoms with Gasteiger partial charge in [-0.2, -0.15) is 13.2 Å². The number of para-hydroxylation sites is 3. The number of amides is 1. The summed E-state index contributed by atoms with van der Waals surface area (Å²) in [5, 5.41) is 0. The number of ether oxygens (including phenoxy) is 1. The van der Waals surface area contributed by atoms with E-state index in [1.807, 2.05) is 12.1 Å². The molecule has 2 aliphatic rings. The number of alkyl halides is 3. The van der Waals surface area contributed by atoms with Gasteiger partial charge in [-0.15, -0.1) is 0 Å². The van der Waals surface area contributed by atoms with Crippen LogP contribution in [0.5, 0.6) is 11.5 Å². The molecule has 0 bridgehead atoms. The second-order valence-electron chi connectivity index (χ2n) is 9.09. The van der Waals surface area contributed by atoms with Crippen LogP contribution in [0.15, 0.2) is 72.8 Å². The molecule has 1 fully saturated rings. The first-order chi connectivity index (χ1) is 16.9. The zero-order chi connectivity index (χ0) is 24.4. The summed E-state index contributed by atoms with van der Waals surface area (Å²) < 4.78 is 47.2. The van der Waals surface area contributed by atoms with Crippen molar-refractivity contribution >= 4 is 17.3 Å². The van der Waals surface area contributed by atoms with Crippen molar-refractivity contribution in [2.24, 2.45) is 0 Å². The fraction of sp³-hybridized carbons (Fsp3) is 0.321. The fourth-order valence-electron chi connectivity index (χ4n) is 4.82. The van der Waals surface area contributed by atoms with Gasteiger partial charge in [-0.3, -0.25) is 14.6 Å². The Labute approximate surface area is 202 Å². The molecule has 35 heavy (non-hydrogen) atoms. The van der Waals surface area contributed by atoms with Gasteiger partial charge in [0, 0.05) is 24.8 Å². The molecule has 1 aliphatic carbocycles. The van der Waals surface area contributed by atoms with Gasteiger partial charge in [0.25, 0.3) is 0 Å². The smallest absolute Gasteiger partial charge is 0.455 e. The molecule has 7 heteroatoms. The first-order valence-electron chi connectivity index (χ1n) is 12.0. The van der Waals surface area contributed by atoms with Crippen LogP contribution < -0.4 is 9.64 Å². The van der Waals surface area contributed by atoms with Crippen LogP contribution in [0.1, 0.15) is 30.4 Å². The van der Waals surface area contributed by atoms with E-state index in [-0.39, 0.29) is 17.1 Å². The van der Waals surface area contributed by atoms with Crippen LogP contribution in [0, 0.1) is 0 Å². The highest BCUT2D eigenvalue weighted by atomic mass is 19.4. The monoisotopic (exact) mass is 480 g/mol. The average molecular weight is 481 g/mol. The van der Waals surface area contributed by atoms with Crippen molar-refractivity contribution in [1.29, 1.82) is 0 Å². The summed E-state index contributed by atoms with van der Waals surface area (Å²) in [5.74, 6) is -1.31. The molecule has 3 aromatic rings. The fourth-order valence-corrected chi connectivity index (χ4v) is 4.82. The van der Waals surface area contributed by atoms with Crippen LogP contribution in [-0.2, 0) is 17.6 Å². The van der Waals surface area contributed by atoms with E-state index in [1.165, 1.54) is 25.3 Å². The normalized spacial score (nSPS) is 16.7. The average Bonchev–Trinajstić information content (AvgIpc) is 3.02. The van der Waals surface area contributed by atoms with Crippen LogP contribution in [0.4, 0.5) is 24.5 Å². The van der Waals surface area contributed by atoms with E-state index in [1.54, 1.807) is 54.6 Å². The molecule has 0 spiro atoms. The lowest BCUT2D eigenvalue weighted by Gasteiger charge is -2.36. The van der Waals surface area contributed by atoms with Gasteiger partial charge in [-0.25, -0.2) is 0 Å². The lowest BCUT2D eigenvalue weighted by molar-refractivity contribution is -0.169. The standard InChI is InChI=1S/C28H27F3N2O2/c29-28(30,31)27(34)33(25-11-4-5-12-26(25)35-24-9-2-1-3-10-24)23-14-13-20-15-17-32(22-7-6-8-22)18-16-21(20)19-23/h1-5,9-14,19,22H,6-8,15-18H2. The first kappa shape index (κ1) is 23.4. The number of fused-ring (bicyclic) bond motifs is 1. The van der Waals surface area contributed by atoms with Crippen molar-refractivity contribution in [1.82, 2.24) is 4.90 Å². The van der Waals surface area contributed by atoms with Gasteiger partial charge in [0.05, 0.1) is 5.69 Å². The largest absolute Gasteiger partial charge is 0.472 e. The first-order valence-corrected chi connectivity index (χ1v) is 12.0. The molecule has 182 valence electrons. The zero-order valence-corrected chi connectivity index (χ0v) is 19.3. The van der Waals surface area contributed by atoms with Crippen LogP contribution in [0.3, 0.4) is 0 Å². The minimum atomic E-state index is -5.05. The highest BCUT2D eigenvalue weighted by molar-refractivity contribution is 6.05. The Kier molecular flexibility index (Phi) is 6.52. The number of nitrogens with zero attached hydrogens (tertiary/aromatic N) is 2. The SMILES string of the molecule is O=C(N(c1ccc2c(c1)CCN(C1CCC1)CC2)c1ccccc1Oc1ccccc1)C(F)(F)F. The molecule has 1 saturated carbocycles. The molecule has 1 heterocycles. The lowest BCUT2D eigenvalue weighted by Crippen LogP contribution is -2.41. The predicted molar refractivity (Wildman–Crippen MR) is 129 cm³/mol. The Bertz CT molecular complexity index is 1190. The Balaban J connectivity index is 1.51. The van der Waals surface area contributed by atoms with E-state index < -0.39 is 12.1 Å². The van der Waals surface area contributed by atoms with E-state index in [9.17, 15) is 18.0 Å². The molecule has 0 aromatic heterocycles. The molecule has 0 atom stereocenters. The quantitative estimate of drug-likeness (QED) is 0.409. The van der Waals surface area contributed by atoms with Crippen molar-refractivity contribution in [2.45, 2.75) is 44.3 Å². The molecule has 4 nitrogen and oxygen atoms in total. The van der Waals surface area contributed by atoms with E-state index in [0.29, 0.717) is 11.8 Å². The Morgan fingerprint density at radius 3 is 2.26 bits per heavy atom. The predicted octanol–water partition coefficient (Wildman–Crippen LogP) is 6.66. The molecule has 0 unspecified atom stereocenters. The maximum absolute atomic E-state index is 13.8. The maximum atomic E-state index is 13.8. The summed E-state index contributed by atoms with van der Waals surface area (Å²) >= 11 is 0. The summed E-state index contributed by atoms with van der Waals surface area (Å²) in [7, 11) is 0. The van der Waals surface area contributed by atoms with Crippen LogP contribution in [0.25, 0.3) is 0 Å². The molecule has 5 rings (SSSR count). The van der Waals surface area contributed by atoms with Gasteiger partial charge in [0.15, 0.2) is 5.75 Å². The number of carbonyl (C=O) groups excluding carboxylic acids is 1. The third kappa shape index (κ3) is 5.05. The third-order valence-corrected chi connectivity index (χ3v) is 6.90. The maximum Gasteiger partial charge on any atom is 0.472 e. The molecule has 0 saturated heterocycles. The Morgan fingerprint density at radius 1 is 0.886 bits per heavy atom. The lowest BCUT2D eigenvalue weighted by atomic mass is 9.91. The highest BCUT2D eigenvalue weighted by Crippen LogP contribution is 2.40. The third-order valence-electron chi connectivity index (χ3n) is 6.90. The van der Waals surface area contributed by atoms with Gasteiger partial charge in [-0.05, 0) is 73.2 Å². The van der Waals surface area contributed by atoms with E-state index in [2.05, 4.69) is 4.90 Å². The Hall–Kier alpha value is -3.32. The molecule has 1 amide bonds.